The van der Waals surface area contributed by atoms with Gasteiger partial charge in [-0.1, -0.05) is 29.8 Å². The zero-order valence-corrected chi connectivity index (χ0v) is 12.4. The van der Waals surface area contributed by atoms with Crippen molar-refractivity contribution in [3.8, 4) is 0 Å². The highest BCUT2D eigenvalue weighted by atomic mass is 79.9. The van der Waals surface area contributed by atoms with Gasteiger partial charge in [0.15, 0.2) is 0 Å². The molecule has 0 saturated carbocycles. The first kappa shape index (κ1) is 12.9. The Bertz CT molecular complexity index is 390. The summed E-state index contributed by atoms with van der Waals surface area (Å²) in [6.45, 7) is 10.0. The molecule has 1 aliphatic heterocycles. The predicted molar refractivity (Wildman–Crippen MR) is 77.7 cm³/mol. The normalized spacial score (nSPS) is 21.0. The van der Waals surface area contributed by atoms with E-state index in [0.717, 1.165) is 19.6 Å². The molecule has 2 rings (SSSR count). The summed E-state index contributed by atoms with van der Waals surface area (Å²) in [5.41, 5.74) is 2.66. The van der Waals surface area contributed by atoms with Crippen LogP contribution in [0.3, 0.4) is 0 Å². The van der Waals surface area contributed by atoms with Crippen LogP contribution in [0.5, 0.6) is 0 Å². The van der Waals surface area contributed by atoms with Crippen LogP contribution in [-0.2, 0) is 0 Å². The monoisotopic (exact) mass is 296 g/mol. The van der Waals surface area contributed by atoms with E-state index in [1.807, 2.05) is 0 Å². The second-order valence-corrected chi connectivity index (χ2v) is 6.00. The van der Waals surface area contributed by atoms with Crippen LogP contribution in [0.1, 0.15) is 19.4 Å². The summed E-state index contributed by atoms with van der Waals surface area (Å²) in [7, 11) is 0. The van der Waals surface area contributed by atoms with Crippen molar-refractivity contribution in [2.45, 2.75) is 26.8 Å². The fraction of sp³-hybridized carbons (Fsp3) is 0.571. The number of nitrogens with one attached hydrogen (secondary N) is 1. The third-order valence-electron chi connectivity index (χ3n) is 3.53. The van der Waals surface area contributed by atoms with Crippen LogP contribution < -0.4 is 10.2 Å². The number of rotatable bonds is 2. The van der Waals surface area contributed by atoms with Gasteiger partial charge in [-0.05, 0) is 36.6 Å². The van der Waals surface area contributed by atoms with Gasteiger partial charge in [0.25, 0.3) is 0 Å². The fourth-order valence-electron chi connectivity index (χ4n) is 2.45. The van der Waals surface area contributed by atoms with Gasteiger partial charge in [-0.25, -0.2) is 0 Å². The van der Waals surface area contributed by atoms with E-state index in [1.54, 1.807) is 0 Å². The summed E-state index contributed by atoms with van der Waals surface area (Å²) in [5, 5.41) is 3.49. The molecule has 0 amide bonds. The Labute approximate surface area is 113 Å². The van der Waals surface area contributed by atoms with Crippen molar-refractivity contribution < 1.29 is 0 Å². The highest BCUT2D eigenvalue weighted by Crippen LogP contribution is 2.26. The van der Waals surface area contributed by atoms with Crippen molar-refractivity contribution in [2.24, 2.45) is 5.92 Å². The third-order valence-corrected chi connectivity index (χ3v) is 4.42. The molecule has 1 aromatic carbocycles. The van der Waals surface area contributed by atoms with Gasteiger partial charge in [0.2, 0.25) is 0 Å². The Morgan fingerprint density at radius 3 is 2.82 bits per heavy atom. The van der Waals surface area contributed by atoms with Gasteiger partial charge in [-0.15, -0.1) is 0 Å². The quantitative estimate of drug-likeness (QED) is 0.902. The smallest absolute Gasteiger partial charge is 0.0438 e. The number of piperazine rings is 1. The van der Waals surface area contributed by atoms with E-state index in [4.69, 9.17) is 0 Å². The second-order valence-electron chi connectivity index (χ2n) is 5.14. The van der Waals surface area contributed by atoms with E-state index in [0.29, 0.717) is 12.0 Å². The Hall–Kier alpha value is -0.540. The molecule has 0 aromatic heterocycles. The zero-order chi connectivity index (χ0) is 12.4. The number of nitrogens with zero attached hydrogens (tertiary/aromatic N) is 1. The van der Waals surface area contributed by atoms with E-state index in [1.165, 1.54) is 15.7 Å². The van der Waals surface area contributed by atoms with Crippen molar-refractivity contribution >= 4 is 21.6 Å². The molecule has 1 heterocycles. The van der Waals surface area contributed by atoms with E-state index < -0.39 is 0 Å². The Balaban J connectivity index is 2.26. The molecule has 1 atom stereocenters. The molecule has 1 aromatic rings. The maximum absolute atomic E-state index is 3.57. The molecule has 0 bridgehead atoms. The molecular formula is C14H21BrN2. The summed E-state index contributed by atoms with van der Waals surface area (Å²) in [5.74, 6) is 0.673. The molecule has 2 nitrogen and oxygen atoms in total. The summed E-state index contributed by atoms with van der Waals surface area (Å²) in [6.07, 6.45) is 0. The van der Waals surface area contributed by atoms with Crippen molar-refractivity contribution in [1.82, 2.24) is 5.32 Å². The zero-order valence-electron chi connectivity index (χ0n) is 10.8. The minimum absolute atomic E-state index is 0.601. The van der Waals surface area contributed by atoms with Gasteiger partial charge < -0.3 is 10.2 Å². The predicted octanol–water partition coefficient (Wildman–Crippen LogP) is 3.19. The summed E-state index contributed by atoms with van der Waals surface area (Å²) in [6, 6.07) is 7.26. The molecule has 1 N–H and O–H groups in total. The molecule has 0 radical (unpaired) electrons. The average Bonchev–Trinajstić information content (AvgIpc) is 2.32. The number of halogens is 1. The first-order valence-corrected chi connectivity index (χ1v) is 7.12. The Morgan fingerprint density at radius 1 is 1.41 bits per heavy atom. The summed E-state index contributed by atoms with van der Waals surface area (Å²) >= 11 is 3.57. The van der Waals surface area contributed by atoms with E-state index in [9.17, 15) is 0 Å². The molecule has 1 saturated heterocycles. The van der Waals surface area contributed by atoms with E-state index in [-0.39, 0.29) is 0 Å². The van der Waals surface area contributed by atoms with Gasteiger partial charge in [0.1, 0.15) is 0 Å². The topological polar surface area (TPSA) is 15.3 Å². The SMILES string of the molecule is Cc1cc(N2CCNCC2C(C)C)ccc1Br. The fourth-order valence-corrected chi connectivity index (χ4v) is 2.70. The maximum atomic E-state index is 3.57. The van der Waals surface area contributed by atoms with Gasteiger partial charge in [0, 0.05) is 35.8 Å². The lowest BCUT2D eigenvalue weighted by Crippen LogP contribution is -2.53. The first-order valence-electron chi connectivity index (χ1n) is 6.33. The molecule has 0 spiro atoms. The van der Waals surface area contributed by atoms with Gasteiger partial charge >= 0.3 is 0 Å². The standard InChI is InChI=1S/C14H21BrN2/c1-10(2)14-9-16-6-7-17(14)12-4-5-13(15)11(3)8-12/h4-5,8,10,14,16H,6-7,9H2,1-3H3. The van der Waals surface area contributed by atoms with E-state index >= 15 is 0 Å². The van der Waals surface area contributed by atoms with Crippen molar-refractivity contribution in [3.05, 3.63) is 28.2 Å². The number of hydrogen-bond acceptors (Lipinski definition) is 2. The molecule has 1 fully saturated rings. The highest BCUT2D eigenvalue weighted by Gasteiger charge is 2.25. The molecule has 1 aliphatic rings. The molecule has 0 aliphatic carbocycles. The summed E-state index contributed by atoms with van der Waals surface area (Å²) in [4.78, 5) is 2.54. The molecule has 17 heavy (non-hydrogen) atoms. The minimum Gasteiger partial charge on any atom is -0.366 e. The first-order chi connectivity index (χ1) is 8.09. The van der Waals surface area contributed by atoms with Crippen LogP contribution in [-0.4, -0.2) is 25.7 Å². The van der Waals surface area contributed by atoms with Crippen LogP contribution in [0.4, 0.5) is 5.69 Å². The number of hydrogen-bond donors (Lipinski definition) is 1. The Morgan fingerprint density at radius 2 is 2.18 bits per heavy atom. The van der Waals surface area contributed by atoms with Crippen LogP contribution in [0.15, 0.2) is 22.7 Å². The van der Waals surface area contributed by atoms with Crippen molar-refractivity contribution in [1.29, 1.82) is 0 Å². The molecule has 1 unspecified atom stereocenters. The lowest BCUT2D eigenvalue weighted by molar-refractivity contribution is 0.390. The average molecular weight is 297 g/mol. The molecule has 94 valence electrons. The van der Waals surface area contributed by atoms with Gasteiger partial charge in [0.05, 0.1) is 0 Å². The van der Waals surface area contributed by atoms with Crippen molar-refractivity contribution in [3.63, 3.8) is 0 Å². The Kier molecular flexibility index (Phi) is 4.10. The molecule has 3 heteroatoms. The largest absolute Gasteiger partial charge is 0.366 e. The van der Waals surface area contributed by atoms with Crippen LogP contribution in [0.2, 0.25) is 0 Å². The minimum atomic E-state index is 0.601. The number of benzene rings is 1. The second kappa shape index (κ2) is 5.40. The highest BCUT2D eigenvalue weighted by molar-refractivity contribution is 9.10. The van der Waals surface area contributed by atoms with Crippen LogP contribution in [0.25, 0.3) is 0 Å². The van der Waals surface area contributed by atoms with E-state index in [2.05, 4.69) is 65.1 Å². The lowest BCUT2D eigenvalue weighted by Gasteiger charge is -2.40. The van der Waals surface area contributed by atoms with Gasteiger partial charge in [-0.2, -0.15) is 0 Å². The van der Waals surface area contributed by atoms with Crippen LogP contribution in [0, 0.1) is 12.8 Å². The maximum Gasteiger partial charge on any atom is 0.0438 e. The van der Waals surface area contributed by atoms with Crippen LogP contribution >= 0.6 is 15.9 Å². The van der Waals surface area contributed by atoms with Crippen molar-refractivity contribution in [2.75, 3.05) is 24.5 Å². The number of anilines is 1. The molecular weight excluding hydrogens is 276 g/mol. The van der Waals surface area contributed by atoms with Gasteiger partial charge in [-0.3, -0.25) is 0 Å². The number of aryl methyl sites for hydroxylation is 1. The lowest BCUT2D eigenvalue weighted by atomic mass is 9.99. The summed E-state index contributed by atoms with van der Waals surface area (Å²) < 4.78 is 1.19. The third kappa shape index (κ3) is 2.83.